The minimum atomic E-state index is -3.87. The van der Waals surface area contributed by atoms with E-state index in [1.54, 1.807) is 0 Å². The van der Waals surface area contributed by atoms with Crippen LogP contribution < -0.4 is 0 Å². The lowest BCUT2D eigenvalue weighted by molar-refractivity contribution is -0.124. The van der Waals surface area contributed by atoms with Crippen molar-refractivity contribution in [2.75, 3.05) is 26.3 Å². The first-order valence-electron chi connectivity index (χ1n) is 7.32. The molecule has 0 spiro atoms. The fourth-order valence-electron chi connectivity index (χ4n) is 2.06. The van der Waals surface area contributed by atoms with E-state index in [9.17, 15) is 22.4 Å². The highest BCUT2D eigenvalue weighted by Gasteiger charge is 2.28. The maximum absolute atomic E-state index is 13.9. The van der Waals surface area contributed by atoms with E-state index in [0.717, 1.165) is 18.2 Å². The lowest BCUT2D eigenvalue weighted by atomic mass is 10.2. The molecule has 1 heterocycles. The summed E-state index contributed by atoms with van der Waals surface area (Å²) in [4.78, 5) is 22.9. The molecule has 1 saturated heterocycles. The van der Waals surface area contributed by atoms with Gasteiger partial charge in [0, 0.05) is 13.1 Å². The van der Waals surface area contributed by atoms with E-state index in [1.807, 2.05) is 0 Å². The van der Waals surface area contributed by atoms with Crippen LogP contribution in [-0.4, -0.2) is 56.9 Å². The summed E-state index contributed by atoms with van der Waals surface area (Å²) < 4.78 is 50.1. The Bertz CT molecular complexity index is 742. The summed E-state index contributed by atoms with van der Waals surface area (Å²) in [5.41, 5.74) is -0.530. The molecule has 1 aliphatic heterocycles. The lowest BCUT2D eigenvalue weighted by Crippen LogP contribution is -2.40. The number of sulfonamides is 1. The number of nitrogens with zero attached hydrogens (tertiary/aromatic N) is 1. The van der Waals surface area contributed by atoms with E-state index >= 15 is 0 Å². The third-order valence-corrected chi connectivity index (χ3v) is 5.52. The normalized spacial score (nSPS) is 17.3. The number of rotatable bonds is 5. The van der Waals surface area contributed by atoms with Crippen molar-refractivity contribution in [3.05, 3.63) is 29.6 Å². The Morgan fingerprint density at radius 2 is 1.92 bits per heavy atom. The average Bonchev–Trinajstić information content (AvgIpc) is 2.55. The van der Waals surface area contributed by atoms with E-state index < -0.39 is 39.3 Å². The Kier molecular flexibility index (Phi) is 5.68. The number of morpholine rings is 1. The third kappa shape index (κ3) is 3.97. The molecule has 1 aliphatic rings. The van der Waals surface area contributed by atoms with Crippen LogP contribution in [0.1, 0.15) is 24.2 Å². The molecule has 1 atom stereocenters. The van der Waals surface area contributed by atoms with E-state index in [4.69, 9.17) is 9.47 Å². The first-order valence-corrected chi connectivity index (χ1v) is 8.76. The molecule has 9 heteroatoms. The van der Waals surface area contributed by atoms with Crippen molar-refractivity contribution in [1.82, 2.24) is 4.31 Å². The van der Waals surface area contributed by atoms with E-state index in [0.29, 0.717) is 0 Å². The lowest BCUT2D eigenvalue weighted by Gasteiger charge is -2.26. The van der Waals surface area contributed by atoms with Crippen molar-refractivity contribution in [1.29, 1.82) is 0 Å². The van der Waals surface area contributed by atoms with Gasteiger partial charge in [-0.05, 0) is 32.0 Å². The van der Waals surface area contributed by atoms with Gasteiger partial charge in [-0.25, -0.2) is 17.6 Å². The minimum absolute atomic E-state index is 0.181. The first kappa shape index (κ1) is 18.5. The van der Waals surface area contributed by atoms with Crippen molar-refractivity contribution in [2.24, 2.45) is 0 Å². The highest BCUT2D eigenvalue weighted by molar-refractivity contribution is 7.89. The maximum Gasteiger partial charge on any atom is 0.341 e. The summed E-state index contributed by atoms with van der Waals surface area (Å²) >= 11 is 0. The van der Waals surface area contributed by atoms with Crippen LogP contribution >= 0.6 is 0 Å². The summed E-state index contributed by atoms with van der Waals surface area (Å²) in [5, 5.41) is 0. The number of halogens is 1. The number of hydrogen-bond donors (Lipinski definition) is 0. The van der Waals surface area contributed by atoms with Crippen LogP contribution in [0.3, 0.4) is 0 Å². The zero-order chi connectivity index (χ0) is 17.9. The second kappa shape index (κ2) is 7.37. The van der Waals surface area contributed by atoms with Crippen LogP contribution in [0.4, 0.5) is 4.39 Å². The maximum atomic E-state index is 13.9. The highest BCUT2D eigenvalue weighted by Crippen LogP contribution is 2.21. The molecule has 0 bridgehead atoms. The predicted octanol–water partition coefficient (Wildman–Crippen LogP) is 0.981. The second-order valence-electron chi connectivity index (χ2n) is 5.32. The molecule has 0 N–H and O–H groups in total. The van der Waals surface area contributed by atoms with Crippen LogP contribution in [0.25, 0.3) is 0 Å². The Balaban J connectivity index is 2.31. The molecule has 7 nitrogen and oxygen atoms in total. The van der Waals surface area contributed by atoms with Crippen LogP contribution in [0.15, 0.2) is 23.1 Å². The van der Waals surface area contributed by atoms with Crippen LogP contribution in [0, 0.1) is 5.82 Å². The number of Topliss-reactive ketones (excluding diaryl/α,β-unsaturated/α-hetero) is 1. The number of hydrogen-bond acceptors (Lipinski definition) is 6. The standard InChI is InChI=1S/C15H18FNO6S/c1-10(18)11(2)23-15(19)13-9-12(3-4-14(13)16)24(20,21)17-5-7-22-8-6-17/h3-4,9,11H,5-8H2,1-2H3/t11-/m1/s1. The average molecular weight is 359 g/mol. The molecule has 24 heavy (non-hydrogen) atoms. The SMILES string of the molecule is CC(=O)[C@@H](C)OC(=O)c1cc(S(=O)(=O)N2CCOCC2)ccc1F. The number of ketones is 1. The molecule has 2 rings (SSSR count). The molecule has 0 radical (unpaired) electrons. The Labute approximate surface area is 139 Å². The van der Waals surface area contributed by atoms with Gasteiger partial charge in [0.2, 0.25) is 10.0 Å². The Hall–Kier alpha value is -1.84. The number of esters is 1. The third-order valence-electron chi connectivity index (χ3n) is 3.62. The van der Waals surface area contributed by atoms with Gasteiger partial charge in [-0.1, -0.05) is 0 Å². The largest absolute Gasteiger partial charge is 0.451 e. The van der Waals surface area contributed by atoms with E-state index in [1.165, 1.54) is 18.2 Å². The van der Waals surface area contributed by atoms with Crippen molar-refractivity contribution in [3.63, 3.8) is 0 Å². The van der Waals surface area contributed by atoms with E-state index in [-0.39, 0.29) is 31.2 Å². The molecular weight excluding hydrogens is 341 g/mol. The quantitative estimate of drug-likeness (QED) is 0.728. The molecule has 1 fully saturated rings. The molecule has 132 valence electrons. The summed E-state index contributed by atoms with van der Waals surface area (Å²) in [6, 6.07) is 2.91. The number of benzene rings is 1. The van der Waals surface area contributed by atoms with Crippen LogP contribution in [0.2, 0.25) is 0 Å². The highest BCUT2D eigenvalue weighted by atomic mass is 32.2. The number of ether oxygens (including phenoxy) is 2. The second-order valence-corrected chi connectivity index (χ2v) is 7.25. The molecule has 1 aromatic rings. The zero-order valence-electron chi connectivity index (χ0n) is 13.3. The molecule has 0 saturated carbocycles. The van der Waals surface area contributed by atoms with Gasteiger partial charge in [0.1, 0.15) is 5.82 Å². The molecule has 0 aromatic heterocycles. The molecule has 1 aromatic carbocycles. The topological polar surface area (TPSA) is 90.0 Å². The number of carbonyl (C=O) groups excluding carboxylic acids is 2. The molecular formula is C15H18FNO6S. The van der Waals surface area contributed by atoms with Gasteiger partial charge >= 0.3 is 5.97 Å². The smallest absolute Gasteiger partial charge is 0.341 e. The fourth-order valence-corrected chi connectivity index (χ4v) is 3.50. The Morgan fingerprint density at radius 3 is 2.50 bits per heavy atom. The minimum Gasteiger partial charge on any atom is -0.451 e. The van der Waals surface area contributed by atoms with Gasteiger partial charge in [0.15, 0.2) is 11.9 Å². The Morgan fingerprint density at radius 1 is 1.29 bits per heavy atom. The summed E-state index contributed by atoms with van der Waals surface area (Å²) in [6.45, 7) is 3.48. The predicted molar refractivity (Wildman–Crippen MR) is 81.5 cm³/mol. The van der Waals surface area contributed by atoms with Gasteiger partial charge in [-0.3, -0.25) is 4.79 Å². The van der Waals surface area contributed by atoms with Gasteiger partial charge in [0.05, 0.1) is 23.7 Å². The number of carbonyl (C=O) groups is 2. The van der Waals surface area contributed by atoms with Gasteiger partial charge in [-0.2, -0.15) is 4.31 Å². The first-order chi connectivity index (χ1) is 11.2. The van der Waals surface area contributed by atoms with Gasteiger partial charge < -0.3 is 9.47 Å². The molecule has 0 aliphatic carbocycles. The van der Waals surface area contributed by atoms with Gasteiger partial charge in [0.25, 0.3) is 0 Å². The summed E-state index contributed by atoms with van der Waals surface area (Å²) in [5.74, 6) is -2.41. The van der Waals surface area contributed by atoms with Crippen molar-refractivity contribution < 1.29 is 31.9 Å². The van der Waals surface area contributed by atoms with Crippen molar-refractivity contribution in [2.45, 2.75) is 24.8 Å². The summed E-state index contributed by atoms with van der Waals surface area (Å²) in [6.07, 6.45) is -1.04. The van der Waals surface area contributed by atoms with Crippen LogP contribution in [0.5, 0.6) is 0 Å². The van der Waals surface area contributed by atoms with Crippen molar-refractivity contribution >= 4 is 21.8 Å². The van der Waals surface area contributed by atoms with Gasteiger partial charge in [-0.15, -0.1) is 0 Å². The van der Waals surface area contributed by atoms with E-state index in [2.05, 4.69) is 0 Å². The fraction of sp³-hybridized carbons (Fsp3) is 0.467. The zero-order valence-corrected chi connectivity index (χ0v) is 14.1. The van der Waals surface area contributed by atoms with Crippen molar-refractivity contribution in [3.8, 4) is 0 Å². The summed E-state index contributed by atoms with van der Waals surface area (Å²) in [7, 11) is -3.87. The van der Waals surface area contributed by atoms with Crippen LogP contribution in [-0.2, 0) is 24.3 Å². The molecule has 0 unspecified atom stereocenters. The molecule has 0 amide bonds. The monoisotopic (exact) mass is 359 g/mol.